The Morgan fingerprint density at radius 1 is 1.00 bits per heavy atom. The summed E-state index contributed by atoms with van der Waals surface area (Å²) in [5.74, 6) is 0.160. The van der Waals surface area contributed by atoms with Crippen LogP contribution in [0.25, 0.3) is 10.1 Å². The summed E-state index contributed by atoms with van der Waals surface area (Å²) in [6, 6.07) is 8.14. The van der Waals surface area contributed by atoms with Crippen molar-refractivity contribution in [3.8, 4) is 0 Å². The Kier molecular flexibility index (Phi) is 6.32. The number of carbonyl (C=O) groups is 2. The van der Waals surface area contributed by atoms with E-state index >= 15 is 0 Å². The summed E-state index contributed by atoms with van der Waals surface area (Å²) in [5, 5.41) is 1.15. The molecule has 0 spiro atoms. The van der Waals surface area contributed by atoms with Gasteiger partial charge < -0.3 is 15.5 Å². The molecule has 1 saturated heterocycles. The highest BCUT2D eigenvalue weighted by Gasteiger charge is 2.39. The van der Waals surface area contributed by atoms with Crippen LogP contribution in [0.1, 0.15) is 47.3 Å². The van der Waals surface area contributed by atoms with E-state index in [4.69, 9.17) is 5.73 Å². The highest BCUT2D eigenvalue weighted by Crippen LogP contribution is 2.32. The Morgan fingerprint density at radius 2 is 1.61 bits per heavy atom. The Hall–Kier alpha value is -1.63. The maximum absolute atomic E-state index is 13.0. The van der Waals surface area contributed by atoms with Crippen molar-refractivity contribution >= 4 is 45.6 Å². The van der Waals surface area contributed by atoms with Gasteiger partial charge in [-0.25, -0.2) is 0 Å². The lowest BCUT2D eigenvalue weighted by Crippen LogP contribution is -2.60. The van der Waals surface area contributed by atoms with Crippen LogP contribution in [0.5, 0.6) is 0 Å². The molecule has 0 bridgehead atoms. The van der Waals surface area contributed by atoms with E-state index in [2.05, 4.69) is 12.1 Å². The number of aryl methyl sites for hydroxylation is 1. The molecule has 1 aliphatic carbocycles. The molecule has 0 atom stereocenters. The molecule has 0 radical (unpaired) electrons. The molecule has 2 aliphatic rings. The number of amides is 2. The monoisotopic (exact) mass is 421 g/mol. The van der Waals surface area contributed by atoms with Gasteiger partial charge in [-0.2, -0.15) is 0 Å². The fourth-order valence-corrected chi connectivity index (χ4v) is 5.52. The molecule has 1 saturated carbocycles. The largest absolute Gasteiger partial charge is 0.338 e. The quantitative estimate of drug-likeness (QED) is 0.805. The fourth-order valence-electron chi connectivity index (χ4n) is 4.35. The van der Waals surface area contributed by atoms with Gasteiger partial charge >= 0.3 is 0 Å². The van der Waals surface area contributed by atoms with Gasteiger partial charge in [0.2, 0.25) is 5.91 Å². The lowest BCUT2D eigenvalue weighted by Gasteiger charge is -2.41. The summed E-state index contributed by atoms with van der Waals surface area (Å²) in [5.41, 5.74) is 6.78. The fraction of sp³-hybridized carbons (Fsp3) is 0.524. The second-order valence-corrected chi connectivity index (χ2v) is 8.91. The summed E-state index contributed by atoms with van der Waals surface area (Å²) in [6.07, 6.45) is 4.80. The number of thiophene rings is 1. The van der Waals surface area contributed by atoms with Gasteiger partial charge in [0.15, 0.2) is 0 Å². The summed E-state index contributed by atoms with van der Waals surface area (Å²) < 4.78 is 1.15. The number of hydrogen-bond acceptors (Lipinski definition) is 4. The van der Waals surface area contributed by atoms with Crippen molar-refractivity contribution in [2.24, 2.45) is 5.73 Å². The van der Waals surface area contributed by atoms with Crippen molar-refractivity contribution in [1.29, 1.82) is 0 Å². The third kappa shape index (κ3) is 3.78. The Balaban J connectivity index is 0.00000225. The zero-order chi connectivity index (χ0) is 19.0. The third-order valence-corrected chi connectivity index (χ3v) is 7.32. The molecule has 28 heavy (non-hydrogen) atoms. The van der Waals surface area contributed by atoms with Crippen molar-refractivity contribution in [1.82, 2.24) is 9.80 Å². The number of nitrogens with zero attached hydrogens (tertiary/aromatic N) is 2. The first-order chi connectivity index (χ1) is 13.0. The molecule has 152 valence electrons. The van der Waals surface area contributed by atoms with Crippen LogP contribution in [0.2, 0.25) is 0 Å². The standard InChI is InChI=1S/C21H27N3O2S.ClH/c1-15-16-7-3-4-8-17(16)27-18(15)19(25)23-11-13-24(14-12-23)20(26)21(22)9-5-2-6-10-21;/h3-4,7-8H,2,5-6,9-14,22H2,1H3;1H. The molecule has 4 rings (SSSR count). The van der Waals surface area contributed by atoms with Crippen LogP contribution < -0.4 is 5.73 Å². The first-order valence-corrected chi connectivity index (χ1v) is 10.7. The van der Waals surface area contributed by atoms with Crippen LogP contribution in [0, 0.1) is 6.92 Å². The van der Waals surface area contributed by atoms with E-state index in [1.807, 2.05) is 28.9 Å². The van der Waals surface area contributed by atoms with Crippen molar-refractivity contribution in [3.05, 3.63) is 34.7 Å². The molecule has 2 N–H and O–H groups in total. The number of fused-ring (bicyclic) bond motifs is 1. The molecule has 2 amide bonds. The first kappa shape index (κ1) is 21.1. The third-order valence-electron chi connectivity index (χ3n) is 6.06. The highest BCUT2D eigenvalue weighted by molar-refractivity contribution is 7.21. The SMILES string of the molecule is Cc1c(C(=O)N2CCN(C(=O)C3(N)CCCCC3)CC2)sc2ccccc12.Cl. The van der Waals surface area contributed by atoms with E-state index in [0.29, 0.717) is 26.2 Å². The number of rotatable bonds is 2. The summed E-state index contributed by atoms with van der Waals surface area (Å²) >= 11 is 1.56. The van der Waals surface area contributed by atoms with E-state index in [1.54, 1.807) is 11.3 Å². The van der Waals surface area contributed by atoms with Crippen molar-refractivity contribution in [2.75, 3.05) is 26.2 Å². The van der Waals surface area contributed by atoms with Gasteiger partial charge in [0.05, 0.1) is 10.4 Å². The normalized spacial score (nSPS) is 19.4. The van der Waals surface area contributed by atoms with Crippen LogP contribution in [0.3, 0.4) is 0 Å². The van der Waals surface area contributed by atoms with Gasteiger partial charge in [-0.1, -0.05) is 37.5 Å². The van der Waals surface area contributed by atoms with Gasteiger partial charge in [0.25, 0.3) is 5.91 Å². The average molecular weight is 422 g/mol. The van der Waals surface area contributed by atoms with E-state index in [-0.39, 0.29) is 24.2 Å². The molecular weight excluding hydrogens is 394 g/mol. The topological polar surface area (TPSA) is 66.6 Å². The highest BCUT2D eigenvalue weighted by atomic mass is 35.5. The number of benzene rings is 1. The molecule has 1 aromatic carbocycles. The molecule has 2 aromatic rings. The van der Waals surface area contributed by atoms with Crippen molar-refractivity contribution in [2.45, 2.75) is 44.6 Å². The van der Waals surface area contributed by atoms with E-state index in [0.717, 1.165) is 46.2 Å². The molecule has 2 fully saturated rings. The summed E-state index contributed by atoms with van der Waals surface area (Å²) in [6.45, 7) is 4.33. The van der Waals surface area contributed by atoms with E-state index in [9.17, 15) is 9.59 Å². The minimum Gasteiger partial charge on any atom is -0.338 e. The molecule has 1 aliphatic heterocycles. The van der Waals surface area contributed by atoms with Gasteiger partial charge in [0.1, 0.15) is 0 Å². The number of carbonyl (C=O) groups excluding carboxylic acids is 2. The maximum Gasteiger partial charge on any atom is 0.264 e. The molecule has 1 aromatic heterocycles. The minimum absolute atomic E-state index is 0. The summed E-state index contributed by atoms with van der Waals surface area (Å²) in [7, 11) is 0. The smallest absolute Gasteiger partial charge is 0.264 e. The molecular formula is C21H28ClN3O2S. The van der Waals surface area contributed by atoms with Crippen molar-refractivity contribution in [3.63, 3.8) is 0 Å². The van der Waals surface area contributed by atoms with E-state index in [1.165, 1.54) is 6.42 Å². The zero-order valence-electron chi connectivity index (χ0n) is 16.3. The number of piperazine rings is 1. The van der Waals surface area contributed by atoms with Crippen molar-refractivity contribution < 1.29 is 9.59 Å². The second kappa shape index (κ2) is 8.39. The molecule has 2 heterocycles. The van der Waals surface area contributed by atoms with Crippen LogP contribution in [-0.2, 0) is 4.79 Å². The number of hydrogen-bond donors (Lipinski definition) is 1. The zero-order valence-corrected chi connectivity index (χ0v) is 17.9. The second-order valence-electron chi connectivity index (χ2n) is 7.85. The van der Waals surface area contributed by atoms with Gasteiger partial charge in [-0.05, 0) is 36.8 Å². The number of halogens is 1. The lowest BCUT2D eigenvalue weighted by molar-refractivity contribution is -0.139. The van der Waals surface area contributed by atoms with Crippen LogP contribution >= 0.6 is 23.7 Å². The maximum atomic E-state index is 13.0. The molecule has 7 heteroatoms. The predicted octanol–water partition coefficient (Wildman–Crippen LogP) is 3.58. The number of nitrogens with two attached hydrogens (primary N) is 1. The Labute approximate surface area is 176 Å². The van der Waals surface area contributed by atoms with Crippen LogP contribution in [0.15, 0.2) is 24.3 Å². The van der Waals surface area contributed by atoms with Gasteiger partial charge in [0, 0.05) is 30.9 Å². The molecule has 5 nitrogen and oxygen atoms in total. The van der Waals surface area contributed by atoms with Crippen LogP contribution in [0.4, 0.5) is 0 Å². The first-order valence-electron chi connectivity index (χ1n) is 9.85. The lowest BCUT2D eigenvalue weighted by atomic mass is 9.81. The minimum atomic E-state index is -0.688. The Morgan fingerprint density at radius 3 is 2.25 bits per heavy atom. The van der Waals surface area contributed by atoms with E-state index < -0.39 is 5.54 Å². The molecule has 0 unspecified atom stereocenters. The van der Waals surface area contributed by atoms with Gasteiger partial charge in [-0.3, -0.25) is 9.59 Å². The van der Waals surface area contributed by atoms with Crippen LogP contribution in [-0.4, -0.2) is 53.3 Å². The average Bonchev–Trinajstić information content (AvgIpc) is 3.04. The Bertz CT molecular complexity index is 868. The summed E-state index contributed by atoms with van der Waals surface area (Å²) in [4.78, 5) is 30.5. The predicted molar refractivity (Wildman–Crippen MR) is 116 cm³/mol. The van der Waals surface area contributed by atoms with Gasteiger partial charge in [-0.15, -0.1) is 23.7 Å².